The summed E-state index contributed by atoms with van der Waals surface area (Å²) in [7, 11) is 0. The third-order valence-corrected chi connectivity index (χ3v) is 3.34. The molecule has 102 valence electrons. The molecule has 0 radical (unpaired) electrons. The van der Waals surface area contributed by atoms with Crippen molar-refractivity contribution in [2.45, 2.75) is 12.5 Å². The second-order valence-corrected chi connectivity index (χ2v) is 4.60. The zero-order valence-electron chi connectivity index (χ0n) is 10.4. The summed E-state index contributed by atoms with van der Waals surface area (Å²) in [6.45, 7) is 0. The Morgan fingerprint density at radius 1 is 1.00 bits per heavy atom. The van der Waals surface area contributed by atoms with Crippen molar-refractivity contribution in [1.82, 2.24) is 0 Å². The van der Waals surface area contributed by atoms with Crippen LogP contribution in [-0.2, 0) is 0 Å². The number of rotatable bonds is 1. The molecule has 0 aliphatic carbocycles. The molecule has 5 nitrogen and oxygen atoms in total. The van der Waals surface area contributed by atoms with E-state index in [0.29, 0.717) is 11.3 Å². The summed E-state index contributed by atoms with van der Waals surface area (Å²) < 4.78 is 5.69. The number of carbonyl (C=O) groups excluding carboxylic acids is 1. The minimum atomic E-state index is -0.691. The molecule has 0 aromatic heterocycles. The number of ether oxygens (including phenoxy) is 1. The monoisotopic (exact) mass is 272 g/mol. The van der Waals surface area contributed by atoms with E-state index in [1.165, 1.54) is 12.1 Å². The molecule has 2 aromatic carbocycles. The summed E-state index contributed by atoms with van der Waals surface area (Å²) in [5.74, 6) is -1.15. The molecule has 0 saturated heterocycles. The summed E-state index contributed by atoms with van der Waals surface area (Å²) in [4.78, 5) is 12.1. The van der Waals surface area contributed by atoms with Gasteiger partial charge in [0.25, 0.3) is 0 Å². The van der Waals surface area contributed by atoms with Crippen LogP contribution in [0.5, 0.6) is 23.0 Å². The lowest BCUT2D eigenvalue weighted by Crippen LogP contribution is -2.20. The van der Waals surface area contributed by atoms with E-state index in [1.807, 2.05) is 0 Å². The molecule has 5 heteroatoms. The average molecular weight is 272 g/mol. The number of benzene rings is 2. The highest BCUT2D eigenvalue weighted by Crippen LogP contribution is 2.44. The zero-order valence-corrected chi connectivity index (χ0v) is 10.4. The fourth-order valence-electron chi connectivity index (χ4n) is 2.29. The molecular weight excluding hydrogens is 260 g/mol. The van der Waals surface area contributed by atoms with Crippen LogP contribution in [0.3, 0.4) is 0 Å². The van der Waals surface area contributed by atoms with E-state index in [-0.39, 0.29) is 17.8 Å². The molecule has 20 heavy (non-hydrogen) atoms. The minimum absolute atomic E-state index is 0.0643. The molecule has 1 aliphatic rings. The first-order valence-corrected chi connectivity index (χ1v) is 6.10. The van der Waals surface area contributed by atoms with Gasteiger partial charge in [-0.1, -0.05) is 12.1 Å². The fourth-order valence-corrected chi connectivity index (χ4v) is 2.29. The number of phenols is 3. The van der Waals surface area contributed by atoms with E-state index in [2.05, 4.69) is 0 Å². The van der Waals surface area contributed by atoms with Gasteiger partial charge in [0.15, 0.2) is 17.3 Å². The molecule has 1 heterocycles. The standard InChI is InChI=1S/C15H12O5/c16-10-6-5-9(14(18)15(10)19)13-7-11(17)8-3-1-2-4-12(8)20-13/h1-6,13,16,18-19H,7H2. The predicted molar refractivity (Wildman–Crippen MR) is 70.2 cm³/mol. The van der Waals surface area contributed by atoms with Gasteiger partial charge in [-0.2, -0.15) is 0 Å². The molecule has 1 unspecified atom stereocenters. The van der Waals surface area contributed by atoms with Crippen LogP contribution in [0.1, 0.15) is 28.4 Å². The Hall–Kier alpha value is -2.69. The Labute approximate surface area is 114 Å². The Bertz CT molecular complexity index is 693. The third kappa shape index (κ3) is 1.84. The van der Waals surface area contributed by atoms with E-state index >= 15 is 0 Å². The SMILES string of the molecule is O=C1CC(c2ccc(O)c(O)c2O)Oc2ccccc21. The maximum absolute atomic E-state index is 12.1. The third-order valence-electron chi connectivity index (χ3n) is 3.34. The number of Topliss-reactive ketones (excluding diaryl/α,β-unsaturated/α-hetero) is 1. The van der Waals surface area contributed by atoms with Crippen molar-refractivity contribution in [2.24, 2.45) is 0 Å². The summed E-state index contributed by atoms with van der Waals surface area (Å²) in [5.41, 5.74) is 0.773. The first kappa shape index (κ1) is 12.3. The van der Waals surface area contributed by atoms with Gasteiger partial charge in [0.1, 0.15) is 11.9 Å². The second-order valence-electron chi connectivity index (χ2n) is 4.60. The number of ketones is 1. The Morgan fingerprint density at radius 2 is 1.75 bits per heavy atom. The van der Waals surface area contributed by atoms with E-state index in [9.17, 15) is 20.1 Å². The maximum atomic E-state index is 12.1. The highest BCUT2D eigenvalue weighted by Gasteiger charge is 2.30. The predicted octanol–water partition coefficient (Wildman–Crippen LogP) is 2.51. The number of carbonyl (C=O) groups is 1. The fraction of sp³-hybridized carbons (Fsp3) is 0.133. The van der Waals surface area contributed by atoms with Crippen molar-refractivity contribution >= 4 is 5.78 Å². The summed E-state index contributed by atoms with van der Waals surface area (Å²) in [5, 5.41) is 28.7. The molecule has 3 N–H and O–H groups in total. The topological polar surface area (TPSA) is 87.0 Å². The molecule has 0 saturated carbocycles. The summed E-state index contributed by atoms with van der Waals surface area (Å²) in [6.07, 6.45) is -0.627. The highest BCUT2D eigenvalue weighted by atomic mass is 16.5. The van der Waals surface area contributed by atoms with Crippen LogP contribution in [0.15, 0.2) is 36.4 Å². The van der Waals surface area contributed by atoms with Crippen LogP contribution in [0.25, 0.3) is 0 Å². The Kier molecular flexibility index (Phi) is 2.75. The van der Waals surface area contributed by atoms with Crippen LogP contribution in [0.2, 0.25) is 0 Å². The van der Waals surface area contributed by atoms with Crippen LogP contribution in [-0.4, -0.2) is 21.1 Å². The molecule has 3 rings (SSSR count). The molecular formula is C15H12O5. The molecule has 1 aliphatic heterocycles. The second kappa shape index (κ2) is 4.45. The van der Waals surface area contributed by atoms with Crippen molar-refractivity contribution in [3.63, 3.8) is 0 Å². The maximum Gasteiger partial charge on any atom is 0.200 e. The minimum Gasteiger partial charge on any atom is -0.504 e. The van der Waals surface area contributed by atoms with Crippen molar-refractivity contribution in [2.75, 3.05) is 0 Å². The number of para-hydroxylation sites is 1. The van der Waals surface area contributed by atoms with Crippen molar-refractivity contribution in [3.8, 4) is 23.0 Å². The highest BCUT2D eigenvalue weighted by molar-refractivity contribution is 6.00. The first-order valence-electron chi connectivity index (χ1n) is 6.10. The molecule has 0 bridgehead atoms. The van der Waals surface area contributed by atoms with E-state index in [1.54, 1.807) is 24.3 Å². The first-order chi connectivity index (χ1) is 9.58. The number of phenolic OH excluding ortho intramolecular Hbond substituents is 3. The molecule has 0 fully saturated rings. The summed E-state index contributed by atoms with van der Waals surface area (Å²) in [6, 6.07) is 9.54. The largest absolute Gasteiger partial charge is 0.504 e. The van der Waals surface area contributed by atoms with Gasteiger partial charge in [0.05, 0.1) is 12.0 Å². The lowest BCUT2D eigenvalue weighted by molar-refractivity contribution is 0.0846. The van der Waals surface area contributed by atoms with Gasteiger partial charge < -0.3 is 20.1 Å². The van der Waals surface area contributed by atoms with Gasteiger partial charge in [-0.25, -0.2) is 0 Å². The summed E-state index contributed by atoms with van der Waals surface area (Å²) >= 11 is 0. The van der Waals surface area contributed by atoms with Crippen molar-refractivity contribution < 1.29 is 24.9 Å². The van der Waals surface area contributed by atoms with Crippen molar-refractivity contribution in [3.05, 3.63) is 47.5 Å². The van der Waals surface area contributed by atoms with Crippen LogP contribution >= 0.6 is 0 Å². The van der Waals surface area contributed by atoms with E-state index in [4.69, 9.17) is 4.74 Å². The lowest BCUT2D eigenvalue weighted by atomic mass is 9.95. The van der Waals surface area contributed by atoms with Gasteiger partial charge in [-0.05, 0) is 24.3 Å². The Morgan fingerprint density at radius 3 is 2.55 bits per heavy atom. The molecule has 0 spiro atoms. The lowest BCUT2D eigenvalue weighted by Gasteiger charge is -2.26. The molecule has 1 atom stereocenters. The number of hydrogen-bond acceptors (Lipinski definition) is 5. The van der Waals surface area contributed by atoms with Gasteiger partial charge in [-0.15, -0.1) is 0 Å². The Balaban J connectivity index is 2.02. The smallest absolute Gasteiger partial charge is 0.200 e. The van der Waals surface area contributed by atoms with Gasteiger partial charge in [-0.3, -0.25) is 4.79 Å². The van der Waals surface area contributed by atoms with Crippen LogP contribution in [0.4, 0.5) is 0 Å². The van der Waals surface area contributed by atoms with Crippen LogP contribution in [0, 0.1) is 0 Å². The van der Waals surface area contributed by atoms with Crippen LogP contribution < -0.4 is 4.74 Å². The van der Waals surface area contributed by atoms with E-state index in [0.717, 1.165) is 0 Å². The number of fused-ring (bicyclic) bond motifs is 1. The van der Waals surface area contributed by atoms with Gasteiger partial charge in [0.2, 0.25) is 5.75 Å². The van der Waals surface area contributed by atoms with Gasteiger partial charge in [0, 0.05) is 5.56 Å². The number of aromatic hydroxyl groups is 3. The average Bonchev–Trinajstić information content (AvgIpc) is 2.45. The zero-order chi connectivity index (χ0) is 14.3. The molecule has 0 amide bonds. The normalized spacial score (nSPS) is 17.4. The van der Waals surface area contributed by atoms with Crippen molar-refractivity contribution in [1.29, 1.82) is 0 Å². The molecule has 2 aromatic rings. The van der Waals surface area contributed by atoms with Gasteiger partial charge >= 0.3 is 0 Å². The quantitative estimate of drug-likeness (QED) is 0.694. The van der Waals surface area contributed by atoms with E-state index < -0.39 is 23.4 Å². The number of hydrogen-bond donors (Lipinski definition) is 3.